The molecule has 0 bridgehead atoms. The van der Waals surface area contributed by atoms with E-state index in [1.165, 1.54) is 6.07 Å². The second kappa shape index (κ2) is 6.24. The Labute approximate surface area is 117 Å². The Morgan fingerprint density at radius 1 is 1.47 bits per heavy atom. The monoisotopic (exact) mass is 285 g/mol. The van der Waals surface area contributed by atoms with Gasteiger partial charge in [0.05, 0.1) is 23.2 Å². The lowest BCUT2D eigenvalue weighted by Gasteiger charge is -2.33. The van der Waals surface area contributed by atoms with E-state index in [0.29, 0.717) is 43.2 Å². The zero-order chi connectivity index (χ0) is 13.8. The van der Waals surface area contributed by atoms with E-state index in [1.807, 2.05) is 4.90 Å². The first-order chi connectivity index (χ1) is 9.13. The van der Waals surface area contributed by atoms with Crippen LogP contribution in [0.25, 0.3) is 0 Å². The van der Waals surface area contributed by atoms with Crippen LogP contribution in [-0.4, -0.2) is 25.7 Å². The van der Waals surface area contributed by atoms with Crippen LogP contribution in [0.5, 0.6) is 0 Å². The molecule has 1 aromatic carbocycles. The summed E-state index contributed by atoms with van der Waals surface area (Å²) in [6.07, 6.45) is 1.34. The first-order valence-electron chi connectivity index (χ1n) is 6.49. The molecular formula is C14H17ClFNO2. The number of carbonyl (C=O) groups excluding carboxylic acids is 1. The number of nitrogens with zero attached hydrogens (tertiary/aromatic N) is 1. The lowest BCUT2D eigenvalue weighted by Crippen LogP contribution is -2.37. The zero-order valence-electron chi connectivity index (χ0n) is 10.9. The van der Waals surface area contributed by atoms with E-state index >= 15 is 0 Å². The first-order valence-corrected chi connectivity index (χ1v) is 6.87. The van der Waals surface area contributed by atoms with Crippen molar-refractivity contribution in [3.63, 3.8) is 0 Å². The Bertz CT molecular complexity index is 439. The fourth-order valence-electron chi connectivity index (χ4n) is 2.39. The summed E-state index contributed by atoms with van der Waals surface area (Å²) in [5, 5.41) is 0.412. The molecule has 0 amide bonds. The van der Waals surface area contributed by atoms with Crippen molar-refractivity contribution >= 4 is 23.3 Å². The van der Waals surface area contributed by atoms with Gasteiger partial charge in [0, 0.05) is 13.1 Å². The van der Waals surface area contributed by atoms with Crippen LogP contribution in [0.4, 0.5) is 10.1 Å². The Hall–Kier alpha value is -1.29. The molecule has 3 nitrogen and oxygen atoms in total. The van der Waals surface area contributed by atoms with Crippen LogP contribution in [-0.2, 0) is 9.53 Å². The van der Waals surface area contributed by atoms with Crippen LogP contribution in [0.15, 0.2) is 18.2 Å². The van der Waals surface area contributed by atoms with Gasteiger partial charge in [-0.25, -0.2) is 4.39 Å². The molecule has 2 rings (SSSR count). The van der Waals surface area contributed by atoms with Crippen LogP contribution < -0.4 is 4.90 Å². The minimum atomic E-state index is -0.318. The molecule has 5 heteroatoms. The summed E-state index contributed by atoms with van der Waals surface area (Å²) in [5.41, 5.74) is 0.437. The molecule has 1 aliphatic heterocycles. The maximum Gasteiger partial charge on any atom is 0.309 e. The Balaban J connectivity index is 2.02. The average Bonchev–Trinajstić information content (AvgIpc) is 2.39. The molecule has 1 heterocycles. The maximum atomic E-state index is 13.8. The van der Waals surface area contributed by atoms with Gasteiger partial charge in [-0.3, -0.25) is 4.79 Å². The standard InChI is InChI=1S/C14H17ClFNO2/c1-2-19-14(18)10-6-8-17(9-7-10)13-11(15)4-3-5-12(13)16/h3-5,10H,2,6-9H2,1H3. The van der Waals surface area contributed by atoms with Crippen molar-refractivity contribution in [1.82, 2.24) is 0 Å². The molecule has 0 aliphatic carbocycles. The number of esters is 1. The van der Waals surface area contributed by atoms with E-state index in [2.05, 4.69) is 0 Å². The number of para-hydroxylation sites is 1. The Kier molecular flexibility index (Phi) is 4.64. The van der Waals surface area contributed by atoms with E-state index in [1.54, 1.807) is 19.1 Å². The van der Waals surface area contributed by atoms with Crippen molar-refractivity contribution in [2.45, 2.75) is 19.8 Å². The number of ether oxygens (including phenoxy) is 1. The molecule has 0 spiro atoms. The number of rotatable bonds is 3. The van der Waals surface area contributed by atoms with Gasteiger partial charge >= 0.3 is 5.97 Å². The summed E-state index contributed by atoms with van der Waals surface area (Å²) >= 11 is 6.04. The summed E-state index contributed by atoms with van der Waals surface area (Å²) in [7, 11) is 0. The SMILES string of the molecule is CCOC(=O)C1CCN(c2c(F)cccc2Cl)CC1. The number of hydrogen-bond donors (Lipinski definition) is 0. The first kappa shape index (κ1) is 14.1. The molecule has 1 saturated heterocycles. The van der Waals surface area contributed by atoms with E-state index in [-0.39, 0.29) is 17.7 Å². The van der Waals surface area contributed by atoms with Gasteiger partial charge in [-0.1, -0.05) is 17.7 Å². The number of anilines is 1. The van der Waals surface area contributed by atoms with Gasteiger partial charge in [0.1, 0.15) is 5.82 Å². The third kappa shape index (κ3) is 3.18. The number of piperidine rings is 1. The highest BCUT2D eigenvalue weighted by Gasteiger charge is 2.27. The molecule has 104 valence electrons. The van der Waals surface area contributed by atoms with Crippen LogP contribution in [0, 0.1) is 11.7 Å². The van der Waals surface area contributed by atoms with Crippen molar-refractivity contribution in [1.29, 1.82) is 0 Å². The minimum Gasteiger partial charge on any atom is -0.466 e. The van der Waals surface area contributed by atoms with Crippen LogP contribution in [0.2, 0.25) is 5.02 Å². The van der Waals surface area contributed by atoms with Gasteiger partial charge in [0.2, 0.25) is 0 Å². The van der Waals surface area contributed by atoms with Crippen molar-refractivity contribution in [2.75, 3.05) is 24.6 Å². The molecule has 0 N–H and O–H groups in total. The number of carbonyl (C=O) groups is 1. The van der Waals surface area contributed by atoms with E-state index in [0.717, 1.165) is 0 Å². The van der Waals surface area contributed by atoms with Gasteiger partial charge in [-0.15, -0.1) is 0 Å². The lowest BCUT2D eigenvalue weighted by atomic mass is 9.96. The van der Waals surface area contributed by atoms with E-state index in [4.69, 9.17) is 16.3 Å². The van der Waals surface area contributed by atoms with Gasteiger partial charge in [0.25, 0.3) is 0 Å². The molecule has 1 aromatic rings. The zero-order valence-corrected chi connectivity index (χ0v) is 11.6. The summed E-state index contributed by atoms with van der Waals surface area (Å²) in [6, 6.07) is 4.67. The highest BCUT2D eigenvalue weighted by molar-refractivity contribution is 6.33. The van der Waals surface area contributed by atoms with Crippen LogP contribution in [0.1, 0.15) is 19.8 Å². The Morgan fingerprint density at radius 2 is 2.16 bits per heavy atom. The third-order valence-electron chi connectivity index (χ3n) is 3.37. The van der Waals surface area contributed by atoms with E-state index < -0.39 is 0 Å². The fraction of sp³-hybridized carbons (Fsp3) is 0.500. The minimum absolute atomic E-state index is 0.0817. The molecular weight excluding hydrogens is 269 g/mol. The maximum absolute atomic E-state index is 13.8. The van der Waals surface area contributed by atoms with Gasteiger partial charge < -0.3 is 9.64 Å². The van der Waals surface area contributed by atoms with Gasteiger partial charge in [-0.05, 0) is 31.9 Å². The summed E-state index contributed by atoms with van der Waals surface area (Å²) in [6.45, 7) is 3.43. The summed E-state index contributed by atoms with van der Waals surface area (Å²) < 4.78 is 18.8. The van der Waals surface area contributed by atoms with Crippen molar-refractivity contribution in [2.24, 2.45) is 5.92 Å². The second-order valence-electron chi connectivity index (χ2n) is 4.58. The number of benzene rings is 1. The number of halogens is 2. The smallest absolute Gasteiger partial charge is 0.309 e. The highest BCUT2D eigenvalue weighted by atomic mass is 35.5. The van der Waals surface area contributed by atoms with Crippen molar-refractivity contribution in [3.8, 4) is 0 Å². The quantitative estimate of drug-likeness (QED) is 0.799. The molecule has 19 heavy (non-hydrogen) atoms. The molecule has 0 radical (unpaired) electrons. The molecule has 0 unspecified atom stereocenters. The average molecular weight is 286 g/mol. The van der Waals surface area contributed by atoms with Crippen LogP contribution >= 0.6 is 11.6 Å². The van der Waals surface area contributed by atoms with Gasteiger partial charge in [0.15, 0.2) is 0 Å². The third-order valence-corrected chi connectivity index (χ3v) is 3.67. The normalized spacial score (nSPS) is 16.5. The molecule has 0 saturated carbocycles. The second-order valence-corrected chi connectivity index (χ2v) is 4.99. The van der Waals surface area contributed by atoms with Crippen molar-refractivity contribution < 1.29 is 13.9 Å². The largest absolute Gasteiger partial charge is 0.466 e. The van der Waals surface area contributed by atoms with E-state index in [9.17, 15) is 9.18 Å². The molecule has 0 aromatic heterocycles. The predicted molar refractivity (Wildman–Crippen MR) is 73.0 cm³/mol. The topological polar surface area (TPSA) is 29.5 Å². The van der Waals surface area contributed by atoms with Crippen molar-refractivity contribution in [3.05, 3.63) is 29.0 Å². The van der Waals surface area contributed by atoms with Crippen LogP contribution in [0.3, 0.4) is 0 Å². The molecule has 1 fully saturated rings. The highest BCUT2D eigenvalue weighted by Crippen LogP contribution is 2.32. The molecule has 0 atom stereocenters. The predicted octanol–water partition coefficient (Wildman–Crippen LogP) is 3.26. The number of hydrogen-bond acceptors (Lipinski definition) is 3. The Morgan fingerprint density at radius 3 is 2.74 bits per heavy atom. The fourth-order valence-corrected chi connectivity index (χ4v) is 2.67. The lowest BCUT2D eigenvalue weighted by molar-refractivity contribution is -0.148. The summed E-state index contributed by atoms with van der Waals surface area (Å²) in [5.74, 6) is -0.550. The summed E-state index contributed by atoms with van der Waals surface area (Å²) in [4.78, 5) is 13.5. The molecule has 1 aliphatic rings. The van der Waals surface area contributed by atoms with Gasteiger partial charge in [-0.2, -0.15) is 0 Å².